The number of amidine groups is 1. The van der Waals surface area contributed by atoms with Gasteiger partial charge in [0.2, 0.25) is 0 Å². The Kier molecular flexibility index (Phi) is 5.31. The minimum absolute atomic E-state index is 0.313. The van der Waals surface area contributed by atoms with Gasteiger partial charge in [-0.15, -0.1) is 11.3 Å². The molecule has 4 nitrogen and oxygen atoms in total. The molecule has 0 radical (unpaired) electrons. The highest BCUT2D eigenvalue weighted by Crippen LogP contribution is 2.08. The van der Waals surface area contributed by atoms with Gasteiger partial charge in [-0.1, -0.05) is 6.07 Å². The van der Waals surface area contributed by atoms with Gasteiger partial charge in [0.25, 0.3) is 0 Å². The van der Waals surface area contributed by atoms with Gasteiger partial charge in [0.05, 0.1) is 12.4 Å². The summed E-state index contributed by atoms with van der Waals surface area (Å²) in [6, 6.07) is 4.04. The molecule has 0 saturated heterocycles. The van der Waals surface area contributed by atoms with Crippen LogP contribution in [0, 0.1) is 0 Å². The van der Waals surface area contributed by atoms with E-state index in [4.69, 9.17) is 15.2 Å². The number of hydrogen-bond donors (Lipinski definition) is 1. The Morgan fingerprint density at radius 1 is 1.53 bits per heavy atom. The van der Waals surface area contributed by atoms with E-state index in [9.17, 15) is 0 Å². The predicted molar refractivity (Wildman–Crippen MR) is 62.3 cm³/mol. The van der Waals surface area contributed by atoms with Crippen LogP contribution in [0.1, 0.15) is 4.88 Å². The van der Waals surface area contributed by atoms with Crippen LogP contribution in [-0.4, -0.2) is 32.9 Å². The van der Waals surface area contributed by atoms with Crippen LogP contribution in [-0.2, 0) is 15.9 Å². The van der Waals surface area contributed by atoms with Crippen molar-refractivity contribution < 1.29 is 9.47 Å². The van der Waals surface area contributed by atoms with Gasteiger partial charge in [-0.2, -0.15) is 0 Å². The number of aliphatic imine (C=N–C) groups is 1. The molecule has 0 bridgehead atoms. The summed E-state index contributed by atoms with van der Waals surface area (Å²) in [6.45, 7) is 0.435. The van der Waals surface area contributed by atoms with Crippen molar-refractivity contribution in [2.75, 3.05) is 20.8 Å². The Morgan fingerprint density at radius 3 is 2.80 bits per heavy atom. The van der Waals surface area contributed by atoms with Crippen LogP contribution in [0.5, 0.6) is 0 Å². The molecule has 0 fully saturated rings. The second-order valence-electron chi connectivity index (χ2n) is 2.99. The van der Waals surface area contributed by atoms with Crippen molar-refractivity contribution >= 4 is 17.2 Å². The number of thiophene rings is 1. The molecule has 1 aromatic rings. The zero-order valence-corrected chi connectivity index (χ0v) is 9.79. The Balaban J connectivity index is 2.39. The third-order valence-corrected chi connectivity index (χ3v) is 2.78. The first-order valence-corrected chi connectivity index (χ1v) is 5.51. The molecule has 0 unspecified atom stereocenters. The van der Waals surface area contributed by atoms with Crippen molar-refractivity contribution in [3.8, 4) is 0 Å². The van der Waals surface area contributed by atoms with Gasteiger partial charge < -0.3 is 15.2 Å². The lowest BCUT2D eigenvalue weighted by Gasteiger charge is -2.10. The second-order valence-corrected chi connectivity index (χ2v) is 4.02. The highest BCUT2D eigenvalue weighted by Gasteiger charge is 2.04. The molecular formula is C10H16N2O2S. The molecule has 0 saturated carbocycles. The molecule has 2 N–H and O–H groups in total. The van der Waals surface area contributed by atoms with Gasteiger partial charge in [0, 0.05) is 25.5 Å². The summed E-state index contributed by atoms with van der Waals surface area (Å²) < 4.78 is 10.0. The van der Waals surface area contributed by atoms with Gasteiger partial charge in [0.15, 0.2) is 6.29 Å². The van der Waals surface area contributed by atoms with Crippen molar-refractivity contribution in [1.29, 1.82) is 0 Å². The molecule has 0 atom stereocenters. The summed E-state index contributed by atoms with van der Waals surface area (Å²) in [7, 11) is 3.16. The Hall–Kier alpha value is -0.910. The van der Waals surface area contributed by atoms with Crippen LogP contribution in [0.15, 0.2) is 22.5 Å². The number of methoxy groups -OCH3 is 2. The largest absolute Gasteiger partial charge is 0.387 e. The summed E-state index contributed by atoms with van der Waals surface area (Å²) >= 11 is 1.67. The number of ether oxygens (including phenoxy) is 2. The second kappa shape index (κ2) is 6.55. The van der Waals surface area contributed by atoms with E-state index in [0.717, 1.165) is 0 Å². The molecule has 0 spiro atoms. The third kappa shape index (κ3) is 4.42. The average Bonchev–Trinajstić information content (AvgIpc) is 2.72. The maximum absolute atomic E-state index is 5.77. The number of rotatable bonds is 6. The van der Waals surface area contributed by atoms with Crippen LogP contribution in [0.25, 0.3) is 0 Å². The highest BCUT2D eigenvalue weighted by molar-refractivity contribution is 7.10. The van der Waals surface area contributed by atoms with E-state index in [1.54, 1.807) is 25.6 Å². The zero-order valence-electron chi connectivity index (χ0n) is 8.97. The molecule has 5 heteroatoms. The maximum atomic E-state index is 5.77. The molecule has 1 aromatic heterocycles. The van der Waals surface area contributed by atoms with Crippen LogP contribution in [0.4, 0.5) is 0 Å². The molecular weight excluding hydrogens is 212 g/mol. The van der Waals surface area contributed by atoms with E-state index in [0.29, 0.717) is 18.8 Å². The standard InChI is InChI=1S/C10H16N2O2S/c1-13-10(14-2)7-12-9(11)6-8-4-3-5-15-8/h3-5,10H,6-7H2,1-2H3,(H2,11,12). The summed E-state index contributed by atoms with van der Waals surface area (Å²) in [5.41, 5.74) is 5.77. The molecule has 1 rings (SSSR count). The number of hydrogen-bond acceptors (Lipinski definition) is 4. The van der Waals surface area contributed by atoms with E-state index < -0.39 is 0 Å². The minimum atomic E-state index is -0.313. The lowest BCUT2D eigenvalue weighted by Crippen LogP contribution is -2.21. The number of nitrogens with two attached hydrogens (primary N) is 1. The van der Waals surface area contributed by atoms with Gasteiger partial charge in [-0.05, 0) is 11.4 Å². The Bertz CT molecular complexity index is 294. The highest BCUT2D eigenvalue weighted by atomic mass is 32.1. The van der Waals surface area contributed by atoms with E-state index in [2.05, 4.69) is 4.99 Å². The molecule has 84 valence electrons. The Morgan fingerprint density at radius 2 is 2.27 bits per heavy atom. The van der Waals surface area contributed by atoms with Crippen molar-refractivity contribution in [2.24, 2.45) is 10.7 Å². The van der Waals surface area contributed by atoms with Crippen molar-refractivity contribution in [3.63, 3.8) is 0 Å². The van der Waals surface area contributed by atoms with Gasteiger partial charge >= 0.3 is 0 Å². The lowest BCUT2D eigenvalue weighted by atomic mass is 10.3. The predicted octanol–water partition coefficient (Wildman–Crippen LogP) is 1.27. The fraction of sp³-hybridized carbons (Fsp3) is 0.500. The van der Waals surface area contributed by atoms with Crippen LogP contribution in [0.3, 0.4) is 0 Å². The maximum Gasteiger partial charge on any atom is 0.176 e. The Labute approximate surface area is 93.7 Å². The van der Waals surface area contributed by atoms with Gasteiger partial charge in [-0.25, -0.2) is 0 Å². The smallest absolute Gasteiger partial charge is 0.176 e. The first-order valence-electron chi connectivity index (χ1n) is 4.63. The van der Waals surface area contributed by atoms with Crippen LogP contribution in [0.2, 0.25) is 0 Å². The number of nitrogens with zero attached hydrogens (tertiary/aromatic N) is 1. The van der Waals surface area contributed by atoms with Crippen molar-refractivity contribution in [2.45, 2.75) is 12.7 Å². The van der Waals surface area contributed by atoms with Gasteiger partial charge in [0.1, 0.15) is 0 Å². The molecule has 1 heterocycles. The van der Waals surface area contributed by atoms with E-state index in [1.165, 1.54) is 4.88 Å². The van der Waals surface area contributed by atoms with Crippen molar-refractivity contribution in [1.82, 2.24) is 0 Å². The first kappa shape index (κ1) is 12.2. The van der Waals surface area contributed by atoms with E-state index >= 15 is 0 Å². The normalized spacial score (nSPS) is 12.3. The monoisotopic (exact) mass is 228 g/mol. The average molecular weight is 228 g/mol. The minimum Gasteiger partial charge on any atom is -0.387 e. The summed E-state index contributed by atoms with van der Waals surface area (Å²) in [4.78, 5) is 5.40. The summed E-state index contributed by atoms with van der Waals surface area (Å²) in [5.74, 6) is 0.608. The van der Waals surface area contributed by atoms with Crippen LogP contribution >= 0.6 is 11.3 Å². The van der Waals surface area contributed by atoms with Crippen LogP contribution < -0.4 is 5.73 Å². The molecule has 0 aliphatic rings. The zero-order chi connectivity index (χ0) is 11.1. The molecule has 0 aliphatic heterocycles. The lowest BCUT2D eigenvalue weighted by molar-refractivity contribution is -0.0937. The SMILES string of the molecule is COC(CN=C(N)Cc1cccs1)OC. The third-order valence-electron chi connectivity index (χ3n) is 1.90. The summed E-state index contributed by atoms with van der Waals surface area (Å²) in [6.07, 6.45) is 0.379. The molecule has 15 heavy (non-hydrogen) atoms. The molecule has 0 aliphatic carbocycles. The van der Waals surface area contributed by atoms with Crippen molar-refractivity contribution in [3.05, 3.63) is 22.4 Å². The quantitative estimate of drug-likeness (QED) is 0.453. The fourth-order valence-electron chi connectivity index (χ4n) is 1.08. The van der Waals surface area contributed by atoms with E-state index in [-0.39, 0.29) is 6.29 Å². The topological polar surface area (TPSA) is 56.8 Å². The summed E-state index contributed by atoms with van der Waals surface area (Å²) in [5, 5.41) is 2.02. The molecule has 0 amide bonds. The van der Waals surface area contributed by atoms with E-state index in [1.807, 2.05) is 17.5 Å². The molecule has 0 aromatic carbocycles. The van der Waals surface area contributed by atoms with Gasteiger partial charge in [-0.3, -0.25) is 4.99 Å². The first-order chi connectivity index (χ1) is 7.26. The fourth-order valence-corrected chi connectivity index (χ4v) is 1.80.